The second-order valence-electron chi connectivity index (χ2n) is 6.80. The molecular formula is C23H22N4O2. The highest BCUT2D eigenvalue weighted by Gasteiger charge is 2.23. The van der Waals surface area contributed by atoms with E-state index in [0.29, 0.717) is 17.7 Å². The molecule has 4 aromatic rings. The number of aryl methyl sites for hydroxylation is 1. The number of nitrogens with one attached hydrogen (secondary N) is 1. The number of para-hydroxylation sites is 1. The molecule has 2 aromatic carbocycles. The number of hydrogen-bond donors (Lipinski definition) is 1. The minimum Gasteiger partial charge on any atom is -0.496 e. The monoisotopic (exact) mass is 386 g/mol. The highest BCUT2D eigenvalue weighted by atomic mass is 16.5. The Hall–Kier alpha value is -3.67. The molecule has 29 heavy (non-hydrogen) atoms. The normalized spacial score (nSPS) is 11.9. The van der Waals surface area contributed by atoms with Crippen LogP contribution in [0.1, 0.15) is 27.7 Å². The molecule has 1 atom stereocenters. The van der Waals surface area contributed by atoms with E-state index in [4.69, 9.17) is 4.74 Å². The van der Waals surface area contributed by atoms with Gasteiger partial charge in [-0.15, -0.1) is 0 Å². The number of amides is 1. The van der Waals surface area contributed by atoms with Gasteiger partial charge in [-0.05, 0) is 36.2 Å². The van der Waals surface area contributed by atoms with E-state index in [-0.39, 0.29) is 11.9 Å². The van der Waals surface area contributed by atoms with Gasteiger partial charge in [0.2, 0.25) is 0 Å². The number of carbonyl (C=O) groups is 1. The molecule has 0 aliphatic heterocycles. The fourth-order valence-corrected chi connectivity index (χ4v) is 3.51. The Morgan fingerprint density at radius 3 is 2.62 bits per heavy atom. The van der Waals surface area contributed by atoms with Crippen molar-refractivity contribution in [3.05, 3.63) is 89.7 Å². The maximum atomic E-state index is 13.1. The SMILES string of the molecule is COc1ccccc1C(=O)N[C@@H](Cc1ccccc1)c1nn(C)c2ncccc12. The first-order valence-electron chi connectivity index (χ1n) is 9.43. The van der Waals surface area contributed by atoms with Gasteiger partial charge in [0, 0.05) is 18.6 Å². The Bertz CT molecular complexity index is 1140. The third kappa shape index (κ3) is 3.82. The molecule has 1 N–H and O–H groups in total. The van der Waals surface area contributed by atoms with Crippen LogP contribution < -0.4 is 10.1 Å². The van der Waals surface area contributed by atoms with Gasteiger partial charge in [-0.25, -0.2) is 4.98 Å². The Balaban J connectivity index is 1.73. The van der Waals surface area contributed by atoms with E-state index in [1.165, 1.54) is 0 Å². The quantitative estimate of drug-likeness (QED) is 0.549. The summed E-state index contributed by atoms with van der Waals surface area (Å²) < 4.78 is 7.10. The molecule has 6 heteroatoms. The van der Waals surface area contributed by atoms with Crippen LogP contribution in [-0.4, -0.2) is 27.8 Å². The van der Waals surface area contributed by atoms with Crippen LogP contribution in [0.25, 0.3) is 11.0 Å². The molecule has 0 bridgehead atoms. The summed E-state index contributed by atoms with van der Waals surface area (Å²) in [5, 5.41) is 8.77. The second-order valence-corrected chi connectivity index (χ2v) is 6.80. The summed E-state index contributed by atoms with van der Waals surface area (Å²) in [6.07, 6.45) is 2.36. The molecule has 0 saturated heterocycles. The van der Waals surface area contributed by atoms with Gasteiger partial charge >= 0.3 is 0 Å². The number of fused-ring (bicyclic) bond motifs is 1. The van der Waals surface area contributed by atoms with Crippen molar-refractivity contribution < 1.29 is 9.53 Å². The van der Waals surface area contributed by atoms with Gasteiger partial charge < -0.3 is 10.1 Å². The van der Waals surface area contributed by atoms with Crippen molar-refractivity contribution in [2.45, 2.75) is 12.5 Å². The smallest absolute Gasteiger partial charge is 0.255 e. The van der Waals surface area contributed by atoms with E-state index in [0.717, 1.165) is 22.3 Å². The van der Waals surface area contributed by atoms with E-state index >= 15 is 0 Å². The Morgan fingerprint density at radius 1 is 1.07 bits per heavy atom. The Morgan fingerprint density at radius 2 is 1.83 bits per heavy atom. The third-order valence-electron chi connectivity index (χ3n) is 4.90. The van der Waals surface area contributed by atoms with Gasteiger partial charge in [0.05, 0.1) is 24.4 Å². The first-order chi connectivity index (χ1) is 14.2. The molecule has 2 aromatic heterocycles. The predicted octanol–water partition coefficient (Wildman–Crippen LogP) is 3.69. The Labute approximate surface area is 169 Å². The standard InChI is InChI=1S/C23H22N4O2/c1-27-22-18(12-8-14-24-22)21(26-27)19(15-16-9-4-3-5-10-16)25-23(28)17-11-6-7-13-20(17)29-2/h3-14,19H,15H2,1-2H3,(H,25,28)/t19-/m0/s1. The molecule has 0 unspecified atom stereocenters. The molecule has 4 rings (SSSR count). The largest absolute Gasteiger partial charge is 0.496 e. The molecule has 2 heterocycles. The van der Waals surface area contributed by atoms with Crippen LogP contribution in [0.15, 0.2) is 72.9 Å². The third-order valence-corrected chi connectivity index (χ3v) is 4.90. The van der Waals surface area contributed by atoms with Crippen LogP contribution in [0.2, 0.25) is 0 Å². The summed E-state index contributed by atoms with van der Waals surface area (Å²) in [5.41, 5.74) is 3.18. The lowest BCUT2D eigenvalue weighted by atomic mass is 10.0. The van der Waals surface area contributed by atoms with Crippen LogP contribution in [0, 0.1) is 0 Å². The molecular weight excluding hydrogens is 364 g/mol. The van der Waals surface area contributed by atoms with E-state index < -0.39 is 0 Å². The molecule has 0 aliphatic rings. The zero-order valence-corrected chi connectivity index (χ0v) is 16.4. The van der Waals surface area contributed by atoms with Crippen molar-refractivity contribution >= 4 is 16.9 Å². The van der Waals surface area contributed by atoms with Crippen LogP contribution in [0.5, 0.6) is 5.75 Å². The van der Waals surface area contributed by atoms with Gasteiger partial charge in [-0.3, -0.25) is 9.48 Å². The minimum atomic E-state index is -0.317. The van der Waals surface area contributed by atoms with E-state index in [9.17, 15) is 4.79 Å². The number of hydrogen-bond acceptors (Lipinski definition) is 4. The lowest BCUT2D eigenvalue weighted by Gasteiger charge is -2.18. The Kier molecular flexibility index (Phi) is 5.24. The van der Waals surface area contributed by atoms with Gasteiger partial charge in [0.1, 0.15) is 5.75 Å². The highest BCUT2D eigenvalue weighted by molar-refractivity contribution is 5.97. The molecule has 0 radical (unpaired) electrons. The van der Waals surface area contributed by atoms with E-state index in [1.54, 1.807) is 30.1 Å². The first-order valence-corrected chi connectivity index (χ1v) is 9.43. The number of methoxy groups -OCH3 is 1. The molecule has 0 fully saturated rings. The maximum Gasteiger partial charge on any atom is 0.255 e. The van der Waals surface area contributed by atoms with Crippen LogP contribution in [0.3, 0.4) is 0 Å². The number of rotatable bonds is 6. The molecule has 146 valence electrons. The number of pyridine rings is 1. The van der Waals surface area contributed by atoms with Crippen LogP contribution in [0.4, 0.5) is 0 Å². The van der Waals surface area contributed by atoms with Gasteiger partial charge in [-0.1, -0.05) is 42.5 Å². The molecule has 6 nitrogen and oxygen atoms in total. The summed E-state index contributed by atoms with van der Waals surface area (Å²) in [4.78, 5) is 17.5. The number of benzene rings is 2. The van der Waals surface area contributed by atoms with Crippen molar-refractivity contribution in [1.82, 2.24) is 20.1 Å². The minimum absolute atomic E-state index is 0.203. The fraction of sp³-hybridized carbons (Fsp3) is 0.174. The summed E-state index contributed by atoms with van der Waals surface area (Å²) in [7, 11) is 3.42. The van der Waals surface area contributed by atoms with Gasteiger partial charge in [0.15, 0.2) is 5.65 Å². The highest BCUT2D eigenvalue weighted by Crippen LogP contribution is 2.26. The topological polar surface area (TPSA) is 69.0 Å². The van der Waals surface area contributed by atoms with Crippen molar-refractivity contribution in [3.8, 4) is 5.75 Å². The van der Waals surface area contributed by atoms with E-state index in [1.807, 2.05) is 61.6 Å². The molecule has 0 aliphatic carbocycles. The summed E-state index contributed by atoms with van der Waals surface area (Å²) in [5.74, 6) is 0.335. The number of nitrogens with zero attached hydrogens (tertiary/aromatic N) is 3. The van der Waals surface area contributed by atoms with Crippen LogP contribution >= 0.6 is 0 Å². The summed E-state index contributed by atoms with van der Waals surface area (Å²) >= 11 is 0. The molecule has 0 saturated carbocycles. The zero-order valence-electron chi connectivity index (χ0n) is 16.4. The second kappa shape index (κ2) is 8.14. The van der Waals surface area contributed by atoms with Crippen molar-refractivity contribution in [1.29, 1.82) is 0 Å². The van der Waals surface area contributed by atoms with Crippen molar-refractivity contribution in [2.75, 3.05) is 7.11 Å². The lowest BCUT2D eigenvalue weighted by molar-refractivity contribution is 0.0932. The number of ether oxygens (including phenoxy) is 1. The number of carbonyl (C=O) groups excluding carboxylic acids is 1. The van der Waals surface area contributed by atoms with Crippen LogP contribution in [-0.2, 0) is 13.5 Å². The lowest BCUT2D eigenvalue weighted by Crippen LogP contribution is -2.30. The average Bonchev–Trinajstić information content (AvgIpc) is 3.10. The zero-order chi connectivity index (χ0) is 20.2. The maximum absolute atomic E-state index is 13.1. The number of aromatic nitrogens is 3. The van der Waals surface area contributed by atoms with Gasteiger partial charge in [0.25, 0.3) is 5.91 Å². The van der Waals surface area contributed by atoms with Gasteiger partial charge in [-0.2, -0.15) is 5.10 Å². The molecule has 0 spiro atoms. The predicted molar refractivity (Wildman–Crippen MR) is 112 cm³/mol. The van der Waals surface area contributed by atoms with Crippen molar-refractivity contribution in [2.24, 2.45) is 7.05 Å². The van der Waals surface area contributed by atoms with E-state index in [2.05, 4.69) is 15.4 Å². The average molecular weight is 386 g/mol. The summed E-state index contributed by atoms with van der Waals surface area (Å²) in [6.45, 7) is 0. The van der Waals surface area contributed by atoms with Crippen molar-refractivity contribution in [3.63, 3.8) is 0 Å². The first kappa shape index (κ1) is 18.7. The summed E-state index contributed by atoms with van der Waals surface area (Å²) in [6, 6.07) is 20.8. The molecule has 1 amide bonds. The fourth-order valence-electron chi connectivity index (χ4n) is 3.51.